The third kappa shape index (κ3) is 3.89. The summed E-state index contributed by atoms with van der Waals surface area (Å²) in [5, 5.41) is 0. The van der Waals surface area contributed by atoms with Crippen molar-refractivity contribution in [1.29, 1.82) is 0 Å². The fraction of sp³-hybridized carbons (Fsp3) is 0.588. The lowest BCUT2D eigenvalue weighted by Crippen LogP contribution is -2.46. The minimum atomic E-state index is -4.35. The molecule has 4 nitrogen and oxygen atoms in total. The lowest BCUT2D eigenvalue weighted by Gasteiger charge is -2.36. The zero-order valence-electron chi connectivity index (χ0n) is 13.2. The average Bonchev–Trinajstić information content (AvgIpc) is 2.61. The van der Waals surface area contributed by atoms with Gasteiger partial charge >= 0.3 is 6.18 Å². The smallest absolute Gasteiger partial charge is 0.381 e. The van der Waals surface area contributed by atoms with Gasteiger partial charge in [0.15, 0.2) is 0 Å². The van der Waals surface area contributed by atoms with Crippen molar-refractivity contribution in [2.45, 2.75) is 25.1 Å². The molecule has 24 heavy (non-hydrogen) atoms. The SMILES string of the molecule is O=C([C@H]1CCCOC1)N1CCO[C@H](c2ccc(C(F)(F)F)cc2)C1. The normalized spacial score (nSPS) is 25.5. The molecule has 7 heteroatoms. The number of carbonyl (C=O) groups excluding carboxylic acids is 1. The Hall–Kier alpha value is -1.60. The van der Waals surface area contributed by atoms with Gasteiger partial charge in [-0.2, -0.15) is 13.2 Å². The van der Waals surface area contributed by atoms with Gasteiger partial charge in [0.05, 0.1) is 31.2 Å². The maximum Gasteiger partial charge on any atom is 0.416 e. The van der Waals surface area contributed by atoms with E-state index in [9.17, 15) is 18.0 Å². The fourth-order valence-electron chi connectivity index (χ4n) is 3.13. The van der Waals surface area contributed by atoms with E-state index >= 15 is 0 Å². The predicted octanol–water partition coefficient (Wildman–Crippen LogP) is 3.03. The number of rotatable bonds is 2. The van der Waals surface area contributed by atoms with Crippen LogP contribution in [-0.2, 0) is 20.4 Å². The molecule has 0 saturated carbocycles. The van der Waals surface area contributed by atoms with Crippen LogP contribution >= 0.6 is 0 Å². The molecule has 2 aliphatic heterocycles. The zero-order chi connectivity index (χ0) is 17.2. The standard InChI is InChI=1S/C17H20F3NO3/c18-17(19,20)14-5-3-12(4-6-14)15-10-21(7-9-24-15)16(22)13-2-1-8-23-11-13/h3-6,13,15H,1-2,7-11H2/t13-,15-/m0/s1. The van der Waals surface area contributed by atoms with Gasteiger partial charge in [0.2, 0.25) is 5.91 Å². The molecule has 2 atom stereocenters. The number of benzene rings is 1. The van der Waals surface area contributed by atoms with Gasteiger partial charge in [-0.05, 0) is 30.5 Å². The number of ether oxygens (including phenoxy) is 2. The Morgan fingerprint density at radius 1 is 1.17 bits per heavy atom. The minimum absolute atomic E-state index is 0.0508. The van der Waals surface area contributed by atoms with E-state index in [1.807, 2.05) is 0 Å². The first kappa shape index (κ1) is 17.2. The van der Waals surface area contributed by atoms with Crippen molar-refractivity contribution in [3.63, 3.8) is 0 Å². The second kappa shape index (κ2) is 7.11. The summed E-state index contributed by atoms with van der Waals surface area (Å²) in [6, 6.07) is 4.94. The van der Waals surface area contributed by atoms with Crippen LogP contribution in [-0.4, -0.2) is 43.7 Å². The summed E-state index contributed by atoms with van der Waals surface area (Å²) in [5.74, 6) is -0.0694. The molecule has 0 unspecified atom stereocenters. The highest BCUT2D eigenvalue weighted by molar-refractivity contribution is 5.79. The molecule has 0 radical (unpaired) electrons. The van der Waals surface area contributed by atoms with E-state index in [1.165, 1.54) is 12.1 Å². The second-order valence-electron chi connectivity index (χ2n) is 6.18. The van der Waals surface area contributed by atoms with Gasteiger partial charge in [-0.3, -0.25) is 4.79 Å². The molecule has 1 aromatic carbocycles. The van der Waals surface area contributed by atoms with Crippen molar-refractivity contribution < 1.29 is 27.4 Å². The quantitative estimate of drug-likeness (QED) is 0.829. The van der Waals surface area contributed by atoms with E-state index < -0.39 is 17.8 Å². The molecule has 1 aromatic rings. The Kier molecular flexibility index (Phi) is 5.10. The van der Waals surface area contributed by atoms with Crippen molar-refractivity contribution in [2.75, 3.05) is 32.9 Å². The monoisotopic (exact) mass is 343 g/mol. The van der Waals surface area contributed by atoms with Crippen molar-refractivity contribution >= 4 is 5.91 Å². The van der Waals surface area contributed by atoms with E-state index in [-0.39, 0.29) is 11.8 Å². The highest BCUT2D eigenvalue weighted by Crippen LogP contribution is 2.31. The summed E-state index contributed by atoms with van der Waals surface area (Å²) in [5.41, 5.74) is -0.0326. The molecule has 2 aliphatic rings. The van der Waals surface area contributed by atoms with Gasteiger partial charge in [0, 0.05) is 13.2 Å². The van der Waals surface area contributed by atoms with Gasteiger partial charge in [0.25, 0.3) is 0 Å². The largest absolute Gasteiger partial charge is 0.416 e. The number of hydrogen-bond donors (Lipinski definition) is 0. The van der Waals surface area contributed by atoms with Crippen LogP contribution in [0, 0.1) is 5.92 Å². The number of morpholine rings is 1. The molecule has 2 fully saturated rings. The molecule has 0 spiro atoms. The number of hydrogen-bond acceptors (Lipinski definition) is 3. The maximum atomic E-state index is 12.6. The van der Waals surface area contributed by atoms with E-state index in [0.717, 1.165) is 25.0 Å². The van der Waals surface area contributed by atoms with E-state index in [2.05, 4.69) is 0 Å². The van der Waals surface area contributed by atoms with Crippen LogP contribution in [0.4, 0.5) is 13.2 Å². The Morgan fingerprint density at radius 2 is 1.92 bits per heavy atom. The topological polar surface area (TPSA) is 38.8 Å². The van der Waals surface area contributed by atoms with Crippen LogP contribution < -0.4 is 0 Å². The van der Waals surface area contributed by atoms with Crippen molar-refractivity contribution in [1.82, 2.24) is 4.90 Å². The highest BCUT2D eigenvalue weighted by Gasteiger charge is 2.33. The first-order chi connectivity index (χ1) is 11.4. The first-order valence-corrected chi connectivity index (χ1v) is 8.10. The number of alkyl halides is 3. The molecular weight excluding hydrogens is 323 g/mol. The van der Waals surface area contributed by atoms with E-state index in [0.29, 0.717) is 38.5 Å². The summed E-state index contributed by atoms with van der Waals surface area (Å²) in [6.07, 6.45) is -3.05. The van der Waals surface area contributed by atoms with E-state index in [1.54, 1.807) is 4.90 Å². The van der Waals surface area contributed by atoms with Crippen molar-refractivity contribution in [3.8, 4) is 0 Å². The van der Waals surface area contributed by atoms with Crippen LogP contribution in [0.3, 0.4) is 0 Å². The molecule has 3 rings (SSSR count). The first-order valence-electron chi connectivity index (χ1n) is 8.10. The molecule has 2 heterocycles. The lowest BCUT2D eigenvalue weighted by molar-refractivity contribution is -0.147. The molecule has 0 aromatic heterocycles. The summed E-state index contributed by atoms with van der Waals surface area (Å²) >= 11 is 0. The molecular formula is C17H20F3NO3. The van der Waals surface area contributed by atoms with Crippen LogP contribution in [0.15, 0.2) is 24.3 Å². The zero-order valence-corrected chi connectivity index (χ0v) is 13.2. The maximum absolute atomic E-state index is 12.6. The van der Waals surface area contributed by atoms with Gasteiger partial charge in [0.1, 0.15) is 6.10 Å². The number of nitrogens with zero attached hydrogens (tertiary/aromatic N) is 1. The summed E-state index contributed by atoms with van der Waals surface area (Å²) in [6.45, 7) is 2.39. The van der Waals surface area contributed by atoms with Crippen LogP contribution in [0.1, 0.15) is 30.1 Å². The minimum Gasteiger partial charge on any atom is -0.381 e. The molecule has 1 amide bonds. The van der Waals surface area contributed by atoms with Gasteiger partial charge in [-0.15, -0.1) is 0 Å². The van der Waals surface area contributed by atoms with Gasteiger partial charge in [-0.25, -0.2) is 0 Å². The Bertz CT molecular complexity index is 567. The third-order valence-electron chi connectivity index (χ3n) is 4.50. The highest BCUT2D eigenvalue weighted by atomic mass is 19.4. The molecule has 0 N–H and O–H groups in total. The van der Waals surface area contributed by atoms with Crippen molar-refractivity contribution in [3.05, 3.63) is 35.4 Å². The van der Waals surface area contributed by atoms with Gasteiger partial charge in [-0.1, -0.05) is 12.1 Å². The van der Waals surface area contributed by atoms with Crippen LogP contribution in [0.5, 0.6) is 0 Å². The summed E-state index contributed by atoms with van der Waals surface area (Å²) < 4.78 is 48.9. The number of halogens is 3. The molecule has 0 bridgehead atoms. The average molecular weight is 343 g/mol. The molecule has 2 saturated heterocycles. The molecule has 132 valence electrons. The molecule has 0 aliphatic carbocycles. The van der Waals surface area contributed by atoms with Gasteiger partial charge < -0.3 is 14.4 Å². The fourth-order valence-corrected chi connectivity index (χ4v) is 3.13. The predicted molar refractivity (Wildman–Crippen MR) is 80.3 cm³/mol. The Balaban J connectivity index is 1.65. The second-order valence-corrected chi connectivity index (χ2v) is 6.18. The Labute approximate surface area is 138 Å². The number of amides is 1. The van der Waals surface area contributed by atoms with Crippen molar-refractivity contribution in [2.24, 2.45) is 5.92 Å². The van der Waals surface area contributed by atoms with Crippen LogP contribution in [0.25, 0.3) is 0 Å². The van der Waals surface area contributed by atoms with Crippen LogP contribution in [0.2, 0.25) is 0 Å². The lowest BCUT2D eigenvalue weighted by atomic mass is 9.99. The van der Waals surface area contributed by atoms with E-state index in [4.69, 9.17) is 9.47 Å². The third-order valence-corrected chi connectivity index (χ3v) is 4.50. The Morgan fingerprint density at radius 3 is 2.54 bits per heavy atom. The summed E-state index contributed by atoms with van der Waals surface area (Å²) in [7, 11) is 0. The summed E-state index contributed by atoms with van der Waals surface area (Å²) in [4.78, 5) is 14.3. The number of carbonyl (C=O) groups is 1.